The maximum Gasteiger partial charge on any atom is 0.265 e. The van der Waals surface area contributed by atoms with Gasteiger partial charge in [0.25, 0.3) is 17.7 Å². The van der Waals surface area contributed by atoms with Crippen LogP contribution in [0.3, 0.4) is 0 Å². The molecule has 0 saturated carbocycles. The molecule has 4 aromatic rings. The molecule has 4 aromatic carbocycles. The summed E-state index contributed by atoms with van der Waals surface area (Å²) in [6.07, 6.45) is 0. The lowest BCUT2D eigenvalue weighted by Gasteiger charge is -2.46. The standard InChI is InChI=1S/C36H36N2O4/c1-34(2,3)21-13-15-22(16-14-21)37-31(39)23-17-18-25-30-27(20-19-24(29(23)30)32(37)40)36(7,42-8)38(33(25)41)28-12-10-9-11-26(28)35(4,5)6/h9-20H,1-8H3. The molecule has 0 N–H and O–H groups in total. The zero-order chi connectivity index (χ0) is 30.4. The first kappa shape index (κ1) is 27.9. The van der Waals surface area contributed by atoms with Gasteiger partial charge in [-0.05, 0) is 65.3 Å². The number of carbonyl (C=O) groups excluding carboxylic acids is 3. The monoisotopic (exact) mass is 560 g/mol. The summed E-state index contributed by atoms with van der Waals surface area (Å²) in [5.41, 5.74) is 3.85. The summed E-state index contributed by atoms with van der Waals surface area (Å²) in [6.45, 7) is 14.6. The third-order valence-corrected chi connectivity index (χ3v) is 8.73. The highest BCUT2D eigenvalue weighted by atomic mass is 16.5. The molecule has 6 rings (SSSR count). The number of methoxy groups -OCH3 is 1. The second-order valence-corrected chi connectivity index (χ2v) is 13.4. The van der Waals surface area contributed by atoms with Crippen molar-refractivity contribution in [2.24, 2.45) is 0 Å². The van der Waals surface area contributed by atoms with Gasteiger partial charge in [0.2, 0.25) is 0 Å². The maximum atomic E-state index is 14.4. The van der Waals surface area contributed by atoms with E-state index in [9.17, 15) is 14.4 Å². The lowest BCUT2D eigenvalue weighted by molar-refractivity contribution is -0.00000393. The van der Waals surface area contributed by atoms with Gasteiger partial charge in [-0.3, -0.25) is 19.3 Å². The van der Waals surface area contributed by atoms with Gasteiger partial charge in [0.05, 0.1) is 11.4 Å². The lowest BCUT2D eigenvalue weighted by Crippen LogP contribution is -2.53. The fourth-order valence-corrected chi connectivity index (χ4v) is 6.37. The van der Waals surface area contributed by atoms with Gasteiger partial charge >= 0.3 is 0 Å². The molecule has 0 radical (unpaired) electrons. The highest BCUT2D eigenvalue weighted by Gasteiger charge is 2.48. The van der Waals surface area contributed by atoms with Crippen LogP contribution in [0.15, 0.2) is 72.8 Å². The average molecular weight is 561 g/mol. The Morgan fingerprint density at radius 1 is 0.643 bits per heavy atom. The predicted octanol–water partition coefficient (Wildman–Crippen LogP) is 7.71. The summed E-state index contributed by atoms with van der Waals surface area (Å²) in [7, 11) is 1.58. The minimum Gasteiger partial charge on any atom is -0.354 e. The zero-order valence-corrected chi connectivity index (χ0v) is 25.5. The summed E-state index contributed by atoms with van der Waals surface area (Å²) < 4.78 is 6.17. The quantitative estimate of drug-likeness (QED) is 0.241. The summed E-state index contributed by atoms with van der Waals surface area (Å²) in [6, 6.07) is 22.4. The van der Waals surface area contributed by atoms with Crippen molar-refractivity contribution >= 4 is 39.9 Å². The SMILES string of the molecule is COC1(C)c2ccc3c4c(ccc(c24)C(=O)N1c1ccccc1C(C)(C)C)C(=O)N(c1ccc(C(C)(C)C)cc1)C3=O. The van der Waals surface area contributed by atoms with Crippen molar-refractivity contribution in [1.29, 1.82) is 0 Å². The largest absolute Gasteiger partial charge is 0.354 e. The number of ether oxygens (including phenoxy) is 1. The maximum absolute atomic E-state index is 14.4. The fraction of sp³-hybridized carbons (Fsp3) is 0.306. The van der Waals surface area contributed by atoms with Gasteiger partial charge in [0.15, 0.2) is 5.72 Å². The molecule has 42 heavy (non-hydrogen) atoms. The van der Waals surface area contributed by atoms with Crippen LogP contribution in [0.4, 0.5) is 11.4 Å². The Balaban J connectivity index is 1.55. The van der Waals surface area contributed by atoms with E-state index in [-0.39, 0.29) is 16.7 Å². The van der Waals surface area contributed by atoms with E-state index in [1.54, 1.807) is 30.2 Å². The molecule has 0 bridgehead atoms. The molecular formula is C36H36N2O4. The number of para-hydroxylation sites is 1. The summed E-state index contributed by atoms with van der Waals surface area (Å²) in [4.78, 5) is 45.3. The number of hydrogen-bond acceptors (Lipinski definition) is 4. The van der Waals surface area contributed by atoms with Crippen molar-refractivity contribution < 1.29 is 19.1 Å². The summed E-state index contributed by atoms with van der Waals surface area (Å²) in [5, 5.41) is 1.09. The smallest absolute Gasteiger partial charge is 0.265 e. The van der Waals surface area contributed by atoms with Crippen LogP contribution in [0.1, 0.15) is 96.2 Å². The number of benzene rings is 4. The highest BCUT2D eigenvalue weighted by Crippen LogP contribution is 2.48. The topological polar surface area (TPSA) is 66.9 Å². The predicted molar refractivity (Wildman–Crippen MR) is 167 cm³/mol. The van der Waals surface area contributed by atoms with E-state index < -0.39 is 17.5 Å². The second kappa shape index (κ2) is 9.10. The molecule has 3 amide bonds. The van der Waals surface area contributed by atoms with E-state index in [1.807, 2.05) is 61.5 Å². The molecule has 2 heterocycles. The Hall–Kier alpha value is -4.29. The summed E-state index contributed by atoms with van der Waals surface area (Å²) >= 11 is 0. The van der Waals surface area contributed by atoms with Crippen LogP contribution in [-0.2, 0) is 21.3 Å². The first-order valence-corrected chi connectivity index (χ1v) is 14.3. The lowest BCUT2D eigenvalue weighted by atomic mass is 9.80. The second-order valence-electron chi connectivity index (χ2n) is 13.4. The van der Waals surface area contributed by atoms with Gasteiger partial charge in [-0.25, -0.2) is 4.90 Å². The zero-order valence-electron chi connectivity index (χ0n) is 25.5. The normalized spacial score (nSPS) is 18.7. The first-order valence-electron chi connectivity index (χ1n) is 14.3. The van der Waals surface area contributed by atoms with Gasteiger partial charge < -0.3 is 4.74 Å². The van der Waals surface area contributed by atoms with Crippen molar-refractivity contribution in [3.63, 3.8) is 0 Å². The molecule has 0 aliphatic carbocycles. The molecule has 0 spiro atoms. The Kier molecular flexibility index (Phi) is 6.04. The molecule has 214 valence electrons. The Morgan fingerprint density at radius 3 is 1.74 bits per heavy atom. The van der Waals surface area contributed by atoms with Gasteiger partial charge in [-0.1, -0.05) is 77.9 Å². The molecule has 1 atom stereocenters. The van der Waals surface area contributed by atoms with E-state index >= 15 is 0 Å². The molecule has 1 unspecified atom stereocenters. The first-order chi connectivity index (χ1) is 19.7. The minimum absolute atomic E-state index is 0.0605. The van der Waals surface area contributed by atoms with Gasteiger partial charge in [0.1, 0.15) is 0 Å². The molecule has 6 heteroatoms. The van der Waals surface area contributed by atoms with Crippen LogP contribution in [0.2, 0.25) is 0 Å². The molecule has 0 fully saturated rings. The Labute approximate surface area is 246 Å². The van der Waals surface area contributed by atoms with E-state index in [0.717, 1.165) is 22.4 Å². The molecule has 0 aromatic heterocycles. The van der Waals surface area contributed by atoms with Crippen molar-refractivity contribution in [2.75, 3.05) is 16.9 Å². The van der Waals surface area contributed by atoms with Crippen LogP contribution in [0.5, 0.6) is 0 Å². The number of nitrogens with zero attached hydrogens (tertiary/aromatic N) is 2. The molecule has 2 aliphatic rings. The number of amides is 3. The Morgan fingerprint density at radius 2 is 1.19 bits per heavy atom. The molecule has 6 nitrogen and oxygen atoms in total. The average Bonchev–Trinajstić information content (AvgIpc) is 2.94. The van der Waals surface area contributed by atoms with Gasteiger partial charge in [0, 0.05) is 40.1 Å². The van der Waals surface area contributed by atoms with E-state index in [2.05, 4.69) is 41.5 Å². The van der Waals surface area contributed by atoms with Gasteiger partial charge in [-0.15, -0.1) is 0 Å². The molecule has 2 aliphatic heterocycles. The van der Waals surface area contributed by atoms with Crippen LogP contribution in [0, 0.1) is 0 Å². The molecule has 0 saturated heterocycles. The van der Waals surface area contributed by atoms with Crippen molar-refractivity contribution in [1.82, 2.24) is 0 Å². The van der Waals surface area contributed by atoms with Crippen molar-refractivity contribution in [2.45, 2.75) is 65.0 Å². The third kappa shape index (κ3) is 3.85. The van der Waals surface area contributed by atoms with Crippen LogP contribution >= 0.6 is 0 Å². The van der Waals surface area contributed by atoms with Crippen molar-refractivity contribution in [3.05, 3.63) is 106 Å². The third-order valence-electron chi connectivity index (χ3n) is 8.73. The number of rotatable bonds is 3. The number of anilines is 2. The van der Waals surface area contributed by atoms with Crippen LogP contribution < -0.4 is 9.80 Å². The van der Waals surface area contributed by atoms with E-state index in [4.69, 9.17) is 4.74 Å². The number of imide groups is 1. The fourth-order valence-electron chi connectivity index (χ4n) is 6.37. The summed E-state index contributed by atoms with van der Waals surface area (Å²) in [5.74, 6) is -1.06. The van der Waals surface area contributed by atoms with Crippen LogP contribution in [-0.4, -0.2) is 24.8 Å². The van der Waals surface area contributed by atoms with Crippen molar-refractivity contribution in [3.8, 4) is 0 Å². The number of hydrogen-bond donors (Lipinski definition) is 0. The minimum atomic E-state index is -1.19. The Bertz CT molecular complexity index is 1790. The molecular weight excluding hydrogens is 524 g/mol. The van der Waals surface area contributed by atoms with Crippen LogP contribution in [0.25, 0.3) is 10.8 Å². The number of carbonyl (C=O) groups is 3. The van der Waals surface area contributed by atoms with E-state index in [0.29, 0.717) is 33.2 Å². The highest BCUT2D eigenvalue weighted by molar-refractivity contribution is 6.37. The van der Waals surface area contributed by atoms with Gasteiger partial charge in [-0.2, -0.15) is 0 Å². The van der Waals surface area contributed by atoms with E-state index in [1.165, 1.54) is 4.90 Å².